The van der Waals surface area contributed by atoms with E-state index in [0.29, 0.717) is 30.5 Å². The molecule has 2 aromatic rings. The van der Waals surface area contributed by atoms with Crippen molar-refractivity contribution in [1.82, 2.24) is 0 Å². The maximum absolute atomic E-state index is 13.0. The molecule has 0 spiro atoms. The highest BCUT2D eigenvalue weighted by Crippen LogP contribution is 2.33. The lowest BCUT2D eigenvalue weighted by Crippen LogP contribution is -2.36. The van der Waals surface area contributed by atoms with Crippen LogP contribution in [0.25, 0.3) is 0 Å². The van der Waals surface area contributed by atoms with E-state index in [2.05, 4.69) is 22.0 Å². The molecule has 2 aliphatic heterocycles. The van der Waals surface area contributed by atoms with Crippen LogP contribution in [0.5, 0.6) is 0 Å². The largest absolute Gasteiger partial charge is 0.378 e. The highest BCUT2D eigenvalue weighted by molar-refractivity contribution is 6.06. The number of para-hydroxylation sites is 2. The van der Waals surface area contributed by atoms with Gasteiger partial charge in [0.1, 0.15) is 5.69 Å². The minimum absolute atomic E-state index is 0.0248. The number of rotatable bonds is 5. The first-order valence-electron chi connectivity index (χ1n) is 10.8. The van der Waals surface area contributed by atoms with E-state index in [1.165, 1.54) is 6.07 Å². The molecule has 1 atom stereocenters. The minimum atomic E-state index is -0.396. The Kier molecular flexibility index (Phi) is 6.36. The fourth-order valence-electron chi connectivity index (χ4n) is 4.34. The topological polar surface area (TPSA) is 88.0 Å². The molecule has 8 heteroatoms. The average Bonchev–Trinajstić information content (AvgIpc) is 2.79. The van der Waals surface area contributed by atoms with Gasteiger partial charge in [-0.3, -0.25) is 14.9 Å². The Balaban J connectivity index is 1.57. The Hall–Kier alpha value is -3.13. The van der Waals surface area contributed by atoms with Crippen molar-refractivity contribution in [3.63, 3.8) is 0 Å². The summed E-state index contributed by atoms with van der Waals surface area (Å²) in [6, 6.07) is 12.4. The van der Waals surface area contributed by atoms with E-state index in [1.807, 2.05) is 24.3 Å². The number of nitro benzene ring substituents is 1. The van der Waals surface area contributed by atoms with Gasteiger partial charge in [-0.2, -0.15) is 0 Å². The summed E-state index contributed by atoms with van der Waals surface area (Å²) in [5.41, 5.74) is 2.45. The smallest absolute Gasteiger partial charge is 0.293 e. The summed E-state index contributed by atoms with van der Waals surface area (Å²) in [7, 11) is 0. The van der Waals surface area contributed by atoms with Crippen LogP contribution in [0.15, 0.2) is 42.5 Å². The number of hydrogen-bond acceptors (Lipinski definition) is 6. The van der Waals surface area contributed by atoms with Crippen LogP contribution in [0.1, 0.15) is 30.1 Å². The molecular formula is C23H28N4O4. The first kappa shape index (κ1) is 21.1. The third kappa shape index (κ3) is 4.80. The van der Waals surface area contributed by atoms with Crippen LogP contribution in [0, 0.1) is 16.0 Å². The molecule has 164 valence electrons. The van der Waals surface area contributed by atoms with Crippen molar-refractivity contribution in [2.24, 2.45) is 5.92 Å². The molecule has 0 aliphatic carbocycles. The molecule has 0 aromatic heterocycles. The van der Waals surface area contributed by atoms with Gasteiger partial charge in [-0.15, -0.1) is 0 Å². The second-order valence-electron chi connectivity index (χ2n) is 8.22. The summed E-state index contributed by atoms with van der Waals surface area (Å²) >= 11 is 0. The van der Waals surface area contributed by atoms with Crippen molar-refractivity contribution in [3.05, 3.63) is 58.1 Å². The van der Waals surface area contributed by atoms with E-state index >= 15 is 0 Å². The zero-order chi connectivity index (χ0) is 21.8. The zero-order valence-corrected chi connectivity index (χ0v) is 17.8. The number of amides is 1. The third-order valence-corrected chi connectivity index (χ3v) is 5.94. The van der Waals surface area contributed by atoms with Gasteiger partial charge in [0.05, 0.1) is 29.5 Å². The molecular weight excluding hydrogens is 396 g/mol. The molecule has 0 radical (unpaired) electrons. The molecule has 2 aromatic carbocycles. The number of ether oxygens (including phenoxy) is 1. The second-order valence-corrected chi connectivity index (χ2v) is 8.22. The maximum atomic E-state index is 13.0. The fourth-order valence-corrected chi connectivity index (χ4v) is 4.34. The zero-order valence-electron chi connectivity index (χ0n) is 17.8. The summed E-state index contributed by atoms with van der Waals surface area (Å²) in [5, 5.41) is 14.7. The summed E-state index contributed by atoms with van der Waals surface area (Å²) in [4.78, 5) is 28.6. The van der Waals surface area contributed by atoms with Gasteiger partial charge >= 0.3 is 0 Å². The number of benzene rings is 2. The van der Waals surface area contributed by atoms with Gasteiger partial charge in [0, 0.05) is 37.8 Å². The Morgan fingerprint density at radius 3 is 2.61 bits per heavy atom. The Labute approximate surface area is 181 Å². The predicted molar refractivity (Wildman–Crippen MR) is 121 cm³/mol. The van der Waals surface area contributed by atoms with Gasteiger partial charge in [-0.05, 0) is 43.0 Å². The van der Waals surface area contributed by atoms with Gasteiger partial charge in [0.2, 0.25) is 0 Å². The van der Waals surface area contributed by atoms with E-state index in [1.54, 1.807) is 12.1 Å². The van der Waals surface area contributed by atoms with E-state index in [0.717, 1.165) is 44.7 Å². The second kappa shape index (κ2) is 9.34. The third-order valence-electron chi connectivity index (χ3n) is 5.94. The Morgan fingerprint density at radius 1 is 1.10 bits per heavy atom. The van der Waals surface area contributed by atoms with Crippen LogP contribution >= 0.6 is 0 Å². The number of piperidine rings is 1. The van der Waals surface area contributed by atoms with Crippen LogP contribution in [-0.4, -0.2) is 50.2 Å². The quantitative estimate of drug-likeness (QED) is 0.578. The molecule has 2 saturated heterocycles. The van der Waals surface area contributed by atoms with Crippen LogP contribution in [0.4, 0.5) is 22.7 Å². The molecule has 0 bridgehead atoms. The molecule has 2 fully saturated rings. The van der Waals surface area contributed by atoms with Crippen LogP contribution in [0.3, 0.4) is 0 Å². The number of nitrogens with one attached hydrogen (secondary N) is 1. The fraction of sp³-hybridized carbons (Fsp3) is 0.435. The number of nitro groups is 1. The van der Waals surface area contributed by atoms with Crippen molar-refractivity contribution in [2.75, 3.05) is 54.5 Å². The summed E-state index contributed by atoms with van der Waals surface area (Å²) in [6.45, 7) is 6.54. The first-order chi connectivity index (χ1) is 15.0. The lowest BCUT2D eigenvalue weighted by molar-refractivity contribution is -0.384. The van der Waals surface area contributed by atoms with Gasteiger partial charge in [-0.1, -0.05) is 19.1 Å². The number of carbonyl (C=O) groups is 1. The van der Waals surface area contributed by atoms with Crippen LogP contribution < -0.4 is 15.1 Å². The number of carbonyl (C=O) groups excluding carboxylic acids is 1. The monoisotopic (exact) mass is 424 g/mol. The van der Waals surface area contributed by atoms with Crippen molar-refractivity contribution in [3.8, 4) is 0 Å². The SMILES string of the molecule is CC1CCCN(c2ccc(C(=O)Nc3ccccc3N3CCOCC3)cc2[N+](=O)[O-])C1. The van der Waals surface area contributed by atoms with Gasteiger partial charge in [0.15, 0.2) is 0 Å². The predicted octanol–water partition coefficient (Wildman–Crippen LogP) is 3.92. The lowest BCUT2D eigenvalue weighted by Gasteiger charge is -2.32. The molecule has 0 saturated carbocycles. The van der Waals surface area contributed by atoms with Crippen molar-refractivity contribution < 1.29 is 14.5 Å². The highest BCUT2D eigenvalue weighted by atomic mass is 16.6. The average molecular weight is 425 g/mol. The molecule has 1 amide bonds. The number of anilines is 3. The summed E-state index contributed by atoms with van der Waals surface area (Å²) < 4.78 is 5.42. The first-order valence-corrected chi connectivity index (χ1v) is 10.8. The van der Waals surface area contributed by atoms with Crippen molar-refractivity contribution in [1.29, 1.82) is 0 Å². The number of hydrogen-bond donors (Lipinski definition) is 1. The van der Waals surface area contributed by atoms with Crippen LogP contribution in [-0.2, 0) is 4.74 Å². The Bertz CT molecular complexity index is 958. The molecule has 1 N–H and O–H groups in total. The standard InChI is InChI=1S/C23H28N4O4/c1-17-5-4-10-26(16-17)21-9-8-18(15-22(21)27(29)30)23(28)24-19-6-2-3-7-20(19)25-11-13-31-14-12-25/h2-3,6-9,15,17H,4-5,10-14,16H2,1H3,(H,24,28). The summed E-state index contributed by atoms with van der Waals surface area (Å²) in [5.74, 6) is 0.135. The molecule has 2 aliphatic rings. The molecule has 1 unspecified atom stereocenters. The van der Waals surface area contributed by atoms with Gasteiger partial charge < -0.3 is 19.9 Å². The van der Waals surface area contributed by atoms with Crippen molar-refractivity contribution >= 4 is 28.7 Å². The maximum Gasteiger partial charge on any atom is 0.293 e. The van der Waals surface area contributed by atoms with E-state index in [9.17, 15) is 14.9 Å². The molecule has 2 heterocycles. The van der Waals surface area contributed by atoms with E-state index < -0.39 is 4.92 Å². The van der Waals surface area contributed by atoms with E-state index in [4.69, 9.17) is 4.74 Å². The number of morpholine rings is 1. The molecule has 8 nitrogen and oxygen atoms in total. The molecule has 31 heavy (non-hydrogen) atoms. The number of nitrogens with zero attached hydrogens (tertiary/aromatic N) is 3. The normalized spacial score (nSPS) is 19.2. The Morgan fingerprint density at radius 2 is 1.87 bits per heavy atom. The lowest BCUT2D eigenvalue weighted by atomic mass is 9.99. The van der Waals surface area contributed by atoms with E-state index in [-0.39, 0.29) is 17.2 Å². The molecule has 4 rings (SSSR count). The van der Waals surface area contributed by atoms with Crippen molar-refractivity contribution in [2.45, 2.75) is 19.8 Å². The van der Waals surface area contributed by atoms with Gasteiger partial charge in [-0.25, -0.2) is 0 Å². The van der Waals surface area contributed by atoms with Crippen LogP contribution in [0.2, 0.25) is 0 Å². The summed E-state index contributed by atoms with van der Waals surface area (Å²) in [6.07, 6.45) is 2.15. The highest BCUT2D eigenvalue weighted by Gasteiger charge is 2.25. The minimum Gasteiger partial charge on any atom is -0.378 e. The van der Waals surface area contributed by atoms with Gasteiger partial charge in [0.25, 0.3) is 11.6 Å².